The van der Waals surface area contributed by atoms with Crippen LogP contribution in [-0.4, -0.2) is 31.4 Å². The van der Waals surface area contributed by atoms with Gasteiger partial charge in [0.05, 0.1) is 17.5 Å². The molecule has 0 fully saturated rings. The zero-order chi connectivity index (χ0) is 22.7. The molecule has 0 aliphatic heterocycles. The Hall–Kier alpha value is -4.25. The van der Waals surface area contributed by atoms with Gasteiger partial charge in [-0.1, -0.05) is 0 Å². The molecule has 10 nitrogen and oxygen atoms in total. The number of aromatic amines is 1. The van der Waals surface area contributed by atoms with Crippen LogP contribution in [0.5, 0.6) is 5.75 Å². The van der Waals surface area contributed by atoms with E-state index in [1.165, 1.54) is 43.5 Å². The molecule has 0 aliphatic rings. The maximum atomic E-state index is 12.7. The summed E-state index contributed by atoms with van der Waals surface area (Å²) in [7, 11) is -2.67. The zero-order valence-electron chi connectivity index (χ0n) is 16.7. The molecular weight excluding hydrogens is 434 g/mol. The molecule has 3 N–H and O–H groups in total. The summed E-state index contributed by atoms with van der Waals surface area (Å²) in [4.78, 5) is 30.6. The van der Waals surface area contributed by atoms with Crippen LogP contribution >= 0.6 is 0 Å². The average Bonchev–Trinajstić information content (AvgIpc) is 3.26. The number of nitroso groups, excluding NO2 is 1. The van der Waals surface area contributed by atoms with Gasteiger partial charge in [0.15, 0.2) is 0 Å². The van der Waals surface area contributed by atoms with Crippen LogP contribution in [0.3, 0.4) is 0 Å². The first-order valence-corrected chi connectivity index (χ1v) is 10.8. The van der Waals surface area contributed by atoms with Gasteiger partial charge in [0.25, 0.3) is 15.9 Å². The summed E-state index contributed by atoms with van der Waals surface area (Å²) >= 11 is 0. The molecule has 0 radical (unpaired) electrons. The highest BCUT2D eigenvalue weighted by Crippen LogP contribution is 2.33. The molecule has 4 rings (SSSR count). The number of rotatable bonds is 7. The van der Waals surface area contributed by atoms with E-state index in [-0.39, 0.29) is 16.3 Å². The number of nitrogens with one attached hydrogen (secondary N) is 3. The van der Waals surface area contributed by atoms with Crippen molar-refractivity contribution < 1.29 is 17.9 Å². The van der Waals surface area contributed by atoms with Crippen LogP contribution in [0.4, 0.5) is 17.1 Å². The molecule has 2 aromatic carbocycles. The number of hydrogen-bond donors (Lipinski definition) is 3. The van der Waals surface area contributed by atoms with E-state index < -0.39 is 15.9 Å². The summed E-state index contributed by atoms with van der Waals surface area (Å²) in [5.74, 6) is -0.405. The van der Waals surface area contributed by atoms with Gasteiger partial charge in [-0.25, -0.2) is 13.1 Å². The van der Waals surface area contributed by atoms with Gasteiger partial charge in [-0.05, 0) is 59.8 Å². The van der Waals surface area contributed by atoms with Gasteiger partial charge in [0, 0.05) is 29.2 Å². The first-order chi connectivity index (χ1) is 15.4. The Morgan fingerprint density at radius 2 is 1.78 bits per heavy atom. The number of benzene rings is 2. The van der Waals surface area contributed by atoms with E-state index in [1.807, 2.05) is 4.72 Å². The van der Waals surface area contributed by atoms with Crippen LogP contribution in [0, 0.1) is 4.91 Å². The van der Waals surface area contributed by atoms with Crippen molar-refractivity contribution >= 4 is 43.9 Å². The topological polar surface area (TPSA) is 143 Å². The highest BCUT2D eigenvalue weighted by Gasteiger charge is 2.21. The van der Waals surface area contributed by atoms with E-state index in [1.54, 1.807) is 30.6 Å². The predicted molar refractivity (Wildman–Crippen MR) is 119 cm³/mol. The van der Waals surface area contributed by atoms with E-state index in [2.05, 4.69) is 20.5 Å². The van der Waals surface area contributed by atoms with Crippen LogP contribution in [0.2, 0.25) is 0 Å². The molecule has 2 aromatic heterocycles. The van der Waals surface area contributed by atoms with E-state index in [9.17, 15) is 18.1 Å². The fourth-order valence-electron chi connectivity index (χ4n) is 3.09. The zero-order valence-corrected chi connectivity index (χ0v) is 17.5. The first-order valence-electron chi connectivity index (χ1n) is 9.28. The molecular formula is C21H17N5O5S. The van der Waals surface area contributed by atoms with Gasteiger partial charge < -0.3 is 15.0 Å². The van der Waals surface area contributed by atoms with E-state index in [0.717, 1.165) is 5.69 Å². The number of carbonyl (C=O) groups excluding carboxylic acids is 1. The molecule has 162 valence electrons. The summed E-state index contributed by atoms with van der Waals surface area (Å²) in [6, 6.07) is 13.7. The molecule has 2 heterocycles. The molecule has 11 heteroatoms. The number of anilines is 2. The third-order valence-corrected chi connectivity index (χ3v) is 6.02. The van der Waals surface area contributed by atoms with Crippen molar-refractivity contribution in [2.45, 2.75) is 4.90 Å². The lowest BCUT2D eigenvalue weighted by molar-refractivity contribution is 0.0977. The molecule has 0 saturated heterocycles. The third-order valence-electron chi connectivity index (χ3n) is 4.67. The van der Waals surface area contributed by atoms with Crippen LogP contribution in [0.1, 0.15) is 10.5 Å². The summed E-state index contributed by atoms with van der Waals surface area (Å²) in [5, 5.41) is 6.64. The van der Waals surface area contributed by atoms with Gasteiger partial charge in [-0.15, -0.1) is 4.91 Å². The lowest BCUT2D eigenvalue weighted by atomic mass is 10.2. The minimum absolute atomic E-state index is 0.0500. The van der Waals surface area contributed by atoms with Crippen molar-refractivity contribution in [2.75, 3.05) is 12.4 Å². The van der Waals surface area contributed by atoms with Crippen molar-refractivity contribution in [3.8, 4) is 5.75 Å². The first kappa shape index (κ1) is 21.0. The molecule has 0 aliphatic carbocycles. The van der Waals surface area contributed by atoms with Crippen LogP contribution in [0.25, 0.3) is 10.9 Å². The molecule has 0 atom stereocenters. The number of methoxy groups -OCH3 is 1. The maximum Gasteiger partial charge on any atom is 0.281 e. The van der Waals surface area contributed by atoms with Gasteiger partial charge in [-0.2, -0.15) is 0 Å². The number of aromatic nitrogens is 2. The van der Waals surface area contributed by atoms with Crippen molar-refractivity contribution in [1.82, 2.24) is 14.7 Å². The van der Waals surface area contributed by atoms with Crippen molar-refractivity contribution in [3.05, 3.63) is 77.6 Å². The molecule has 0 unspecified atom stereocenters. The summed E-state index contributed by atoms with van der Waals surface area (Å²) < 4.78 is 32.2. The third kappa shape index (κ3) is 4.14. The SMILES string of the molecule is COc1ccc(S(=O)(=O)NC(=O)c2cc3c(Nc4ccncc4)ccc(N=O)c3[nH]2)cc1. The van der Waals surface area contributed by atoms with Crippen LogP contribution in [-0.2, 0) is 10.0 Å². The fourth-order valence-corrected chi connectivity index (χ4v) is 4.06. The highest BCUT2D eigenvalue weighted by molar-refractivity contribution is 7.90. The average molecular weight is 451 g/mol. The maximum absolute atomic E-state index is 12.7. The monoisotopic (exact) mass is 451 g/mol. The van der Waals surface area contributed by atoms with Gasteiger partial charge in [0.2, 0.25) is 0 Å². The summed E-state index contributed by atoms with van der Waals surface area (Å²) in [6.45, 7) is 0. The Labute approximate surface area is 182 Å². The quantitative estimate of drug-likeness (QED) is 0.362. The number of pyridine rings is 1. The van der Waals surface area contributed by atoms with Crippen LogP contribution in [0.15, 0.2) is 77.1 Å². The Bertz CT molecular complexity index is 1400. The second-order valence-corrected chi connectivity index (χ2v) is 8.35. The molecule has 0 spiro atoms. The van der Waals surface area contributed by atoms with Gasteiger partial charge in [-0.3, -0.25) is 9.78 Å². The Balaban J connectivity index is 1.67. The lowest BCUT2D eigenvalue weighted by Crippen LogP contribution is -2.30. The highest BCUT2D eigenvalue weighted by atomic mass is 32.2. The second-order valence-electron chi connectivity index (χ2n) is 6.67. The smallest absolute Gasteiger partial charge is 0.281 e. The van der Waals surface area contributed by atoms with Crippen LogP contribution < -0.4 is 14.8 Å². The van der Waals surface area contributed by atoms with Gasteiger partial charge >= 0.3 is 0 Å². The van der Waals surface area contributed by atoms with Crippen molar-refractivity contribution in [3.63, 3.8) is 0 Å². The molecule has 4 aromatic rings. The summed E-state index contributed by atoms with van der Waals surface area (Å²) in [5.41, 5.74) is 1.66. The standard InChI is InChI=1S/C21H17N5O5S/c1-31-14-2-4-15(5-3-14)32(29,30)26-21(27)19-12-16-17(23-13-8-10-22-11-9-13)6-7-18(25-28)20(16)24-19/h2-12,24H,1H3,(H,22,23)(H,26,27). The predicted octanol–water partition coefficient (Wildman–Crippen LogP) is 3.83. The van der Waals surface area contributed by atoms with Crippen molar-refractivity contribution in [1.29, 1.82) is 0 Å². The molecule has 0 saturated carbocycles. The second kappa shape index (κ2) is 8.47. The van der Waals surface area contributed by atoms with Crippen molar-refractivity contribution in [2.24, 2.45) is 5.18 Å². The molecule has 32 heavy (non-hydrogen) atoms. The lowest BCUT2D eigenvalue weighted by Gasteiger charge is -2.07. The number of fused-ring (bicyclic) bond motifs is 1. The number of amides is 1. The minimum atomic E-state index is -4.13. The largest absolute Gasteiger partial charge is 0.497 e. The molecule has 0 bridgehead atoms. The number of hydrogen-bond acceptors (Lipinski definition) is 8. The Morgan fingerprint density at radius 3 is 2.44 bits per heavy atom. The van der Waals surface area contributed by atoms with E-state index in [4.69, 9.17) is 4.74 Å². The number of carbonyl (C=O) groups is 1. The van der Waals surface area contributed by atoms with E-state index >= 15 is 0 Å². The fraction of sp³-hybridized carbons (Fsp3) is 0.0476. The normalized spacial score (nSPS) is 11.2. The number of nitrogens with zero attached hydrogens (tertiary/aromatic N) is 2. The number of ether oxygens (including phenoxy) is 1. The minimum Gasteiger partial charge on any atom is -0.497 e. The number of H-pyrrole nitrogens is 1. The van der Waals surface area contributed by atoms with E-state index in [0.29, 0.717) is 22.3 Å². The molecule has 1 amide bonds. The van der Waals surface area contributed by atoms with Gasteiger partial charge in [0.1, 0.15) is 17.1 Å². The Morgan fingerprint density at radius 1 is 1.06 bits per heavy atom. The Kier molecular flexibility index (Phi) is 5.56. The number of sulfonamides is 1. The summed E-state index contributed by atoms with van der Waals surface area (Å²) in [6.07, 6.45) is 3.22.